The maximum atomic E-state index is 12.6. The molecule has 2 unspecified atom stereocenters. The molecule has 0 aliphatic rings. The molecule has 7 nitrogen and oxygen atoms in total. The van der Waals surface area contributed by atoms with E-state index in [0.29, 0.717) is 11.3 Å². The summed E-state index contributed by atoms with van der Waals surface area (Å²) in [4.78, 5) is 35.3. The van der Waals surface area contributed by atoms with Gasteiger partial charge >= 0.3 is 5.97 Å². The van der Waals surface area contributed by atoms with Crippen molar-refractivity contribution in [1.29, 1.82) is 0 Å². The highest BCUT2D eigenvalue weighted by atomic mass is 16.6. The molecule has 2 rings (SSSR count). The van der Waals surface area contributed by atoms with Crippen LogP contribution in [0, 0.1) is 23.0 Å². The highest BCUT2D eigenvalue weighted by Crippen LogP contribution is 2.28. The minimum Gasteiger partial charge on any atom is -0.455 e. The van der Waals surface area contributed by atoms with E-state index in [1.165, 1.54) is 12.1 Å². The van der Waals surface area contributed by atoms with Gasteiger partial charge in [0.05, 0.1) is 22.1 Å². The summed E-state index contributed by atoms with van der Waals surface area (Å²) in [6.07, 6.45) is 0.785. The van der Waals surface area contributed by atoms with E-state index in [2.05, 4.69) is 5.32 Å². The monoisotopic (exact) mass is 384 g/mol. The second-order valence-corrected chi connectivity index (χ2v) is 6.64. The van der Waals surface area contributed by atoms with Gasteiger partial charge in [-0.2, -0.15) is 0 Å². The van der Waals surface area contributed by atoms with Crippen LogP contribution >= 0.6 is 0 Å². The summed E-state index contributed by atoms with van der Waals surface area (Å²) in [5.41, 5.74) is 1.42. The Morgan fingerprint density at radius 3 is 2.43 bits per heavy atom. The van der Waals surface area contributed by atoms with Gasteiger partial charge in [0.15, 0.2) is 6.61 Å². The fourth-order valence-corrected chi connectivity index (χ4v) is 2.96. The molecule has 2 aromatic carbocycles. The van der Waals surface area contributed by atoms with Crippen molar-refractivity contribution in [3.8, 4) is 0 Å². The molecule has 0 radical (unpaired) electrons. The van der Waals surface area contributed by atoms with Gasteiger partial charge in [-0.3, -0.25) is 19.7 Å². The Labute approximate surface area is 163 Å². The van der Waals surface area contributed by atoms with Crippen LogP contribution in [-0.4, -0.2) is 23.4 Å². The normalized spacial score (nSPS) is 12.7. The predicted octanol–water partition coefficient (Wildman–Crippen LogP) is 4.21. The molecule has 0 aliphatic heterocycles. The molecule has 1 N–H and O–H groups in total. The standard InChI is InChI=1S/C21H24N2O5/c1-4-14(2)20(16-9-6-5-7-10-16)21(25)28-13-19(24)22-17-11-8-12-18(15(17)3)23(26)27/h5-12,14,20H,4,13H2,1-3H3,(H,22,24). The Morgan fingerprint density at radius 2 is 1.82 bits per heavy atom. The first-order chi connectivity index (χ1) is 13.3. The van der Waals surface area contributed by atoms with Crippen LogP contribution in [0.2, 0.25) is 0 Å². The second-order valence-electron chi connectivity index (χ2n) is 6.64. The molecule has 0 saturated carbocycles. The summed E-state index contributed by atoms with van der Waals surface area (Å²) in [6, 6.07) is 13.7. The molecule has 0 aromatic heterocycles. The Hall–Kier alpha value is -3.22. The number of hydrogen-bond donors (Lipinski definition) is 1. The first-order valence-electron chi connectivity index (χ1n) is 9.10. The van der Waals surface area contributed by atoms with Crippen LogP contribution in [0.3, 0.4) is 0 Å². The van der Waals surface area contributed by atoms with Crippen LogP contribution in [0.5, 0.6) is 0 Å². The number of anilines is 1. The summed E-state index contributed by atoms with van der Waals surface area (Å²) in [5, 5.41) is 13.6. The summed E-state index contributed by atoms with van der Waals surface area (Å²) in [7, 11) is 0. The summed E-state index contributed by atoms with van der Waals surface area (Å²) in [6.45, 7) is 5.05. The van der Waals surface area contributed by atoms with Crippen molar-refractivity contribution >= 4 is 23.3 Å². The number of hydrogen-bond acceptors (Lipinski definition) is 5. The number of nitro benzene ring substituents is 1. The van der Waals surface area contributed by atoms with Gasteiger partial charge in [-0.05, 0) is 24.5 Å². The fourth-order valence-electron chi connectivity index (χ4n) is 2.96. The summed E-state index contributed by atoms with van der Waals surface area (Å²) < 4.78 is 5.25. The molecule has 0 saturated heterocycles. The molecule has 1 amide bonds. The summed E-state index contributed by atoms with van der Waals surface area (Å²) >= 11 is 0. The number of nitro groups is 1. The van der Waals surface area contributed by atoms with E-state index >= 15 is 0 Å². The van der Waals surface area contributed by atoms with Gasteiger partial charge in [0, 0.05) is 6.07 Å². The minimum atomic E-state index is -0.548. The van der Waals surface area contributed by atoms with Crippen molar-refractivity contribution < 1.29 is 19.2 Å². The van der Waals surface area contributed by atoms with E-state index in [0.717, 1.165) is 12.0 Å². The first kappa shape index (κ1) is 21.1. The number of nitrogens with zero attached hydrogens (tertiary/aromatic N) is 1. The van der Waals surface area contributed by atoms with Crippen LogP contribution in [0.4, 0.5) is 11.4 Å². The average molecular weight is 384 g/mol. The van der Waals surface area contributed by atoms with E-state index in [9.17, 15) is 19.7 Å². The number of amides is 1. The lowest BCUT2D eigenvalue weighted by molar-refractivity contribution is -0.385. The third-order valence-electron chi connectivity index (χ3n) is 4.75. The van der Waals surface area contributed by atoms with Crippen LogP contribution in [0.25, 0.3) is 0 Å². The molecule has 7 heteroatoms. The molecular weight excluding hydrogens is 360 g/mol. The Morgan fingerprint density at radius 1 is 1.14 bits per heavy atom. The van der Waals surface area contributed by atoms with Crippen LogP contribution in [0.1, 0.15) is 37.3 Å². The molecule has 28 heavy (non-hydrogen) atoms. The number of esters is 1. The zero-order valence-electron chi connectivity index (χ0n) is 16.2. The maximum absolute atomic E-state index is 12.6. The molecule has 0 aliphatic carbocycles. The highest BCUT2D eigenvalue weighted by molar-refractivity contribution is 5.94. The van der Waals surface area contributed by atoms with E-state index in [4.69, 9.17) is 4.74 Å². The number of carbonyl (C=O) groups excluding carboxylic acids is 2. The third kappa shape index (κ3) is 5.16. The predicted molar refractivity (Wildman–Crippen MR) is 106 cm³/mol. The van der Waals surface area contributed by atoms with E-state index in [1.807, 2.05) is 44.2 Å². The Bertz CT molecular complexity index is 851. The van der Waals surface area contributed by atoms with Crippen LogP contribution in [0.15, 0.2) is 48.5 Å². The third-order valence-corrected chi connectivity index (χ3v) is 4.75. The smallest absolute Gasteiger partial charge is 0.314 e. The van der Waals surface area contributed by atoms with Crippen LogP contribution < -0.4 is 5.32 Å². The van der Waals surface area contributed by atoms with Gasteiger partial charge in [-0.1, -0.05) is 56.7 Å². The van der Waals surface area contributed by atoms with E-state index in [1.54, 1.807) is 13.0 Å². The van der Waals surface area contributed by atoms with Gasteiger partial charge in [-0.25, -0.2) is 0 Å². The lowest BCUT2D eigenvalue weighted by Crippen LogP contribution is -2.27. The van der Waals surface area contributed by atoms with Crippen LogP contribution in [-0.2, 0) is 14.3 Å². The zero-order valence-corrected chi connectivity index (χ0v) is 16.2. The van der Waals surface area contributed by atoms with Crippen molar-refractivity contribution in [2.24, 2.45) is 5.92 Å². The molecule has 0 bridgehead atoms. The SMILES string of the molecule is CCC(C)C(C(=O)OCC(=O)Nc1cccc([N+](=O)[O-])c1C)c1ccccc1. The number of rotatable bonds is 8. The molecule has 0 heterocycles. The Kier molecular flexibility index (Phi) is 7.26. The minimum absolute atomic E-state index is 0.0528. The van der Waals surface area contributed by atoms with Gasteiger partial charge in [-0.15, -0.1) is 0 Å². The molecule has 0 fully saturated rings. The molecule has 2 atom stereocenters. The first-order valence-corrected chi connectivity index (χ1v) is 9.10. The Balaban J connectivity index is 2.04. The zero-order chi connectivity index (χ0) is 20.7. The lowest BCUT2D eigenvalue weighted by Gasteiger charge is -2.21. The van der Waals surface area contributed by atoms with E-state index < -0.39 is 29.3 Å². The fraction of sp³-hybridized carbons (Fsp3) is 0.333. The van der Waals surface area contributed by atoms with Crippen molar-refractivity contribution in [2.45, 2.75) is 33.1 Å². The van der Waals surface area contributed by atoms with Crippen molar-refractivity contribution in [1.82, 2.24) is 0 Å². The number of carbonyl (C=O) groups is 2. The highest BCUT2D eigenvalue weighted by Gasteiger charge is 2.28. The van der Waals surface area contributed by atoms with Crippen molar-refractivity contribution in [3.63, 3.8) is 0 Å². The largest absolute Gasteiger partial charge is 0.455 e. The number of ether oxygens (including phenoxy) is 1. The maximum Gasteiger partial charge on any atom is 0.314 e. The van der Waals surface area contributed by atoms with Crippen molar-refractivity contribution in [2.75, 3.05) is 11.9 Å². The molecule has 2 aromatic rings. The molecule has 0 spiro atoms. The van der Waals surface area contributed by atoms with Crippen molar-refractivity contribution in [3.05, 3.63) is 69.8 Å². The molecular formula is C21H24N2O5. The number of benzene rings is 2. The quantitative estimate of drug-likeness (QED) is 0.417. The second kappa shape index (κ2) is 9.64. The topological polar surface area (TPSA) is 98.5 Å². The van der Waals surface area contributed by atoms with Gasteiger partial charge in [0.1, 0.15) is 0 Å². The van der Waals surface area contributed by atoms with Gasteiger partial charge in [0.25, 0.3) is 11.6 Å². The average Bonchev–Trinajstić information content (AvgIpc) is 2.68. The summed E-state index contributed by atoms with van der Waals surface area (Å²) in [5.74, 6) is -1.42. The number of nitrogens with one attached hydrogen (secondary N) is 1. The molecule has 148 valence electrons. The van der Waals surface area contributed by atoms with E-state index in [-0.39, 0.29) is 11.6 Å². The lowest BCUT2D eigenvalue weighted by atomic mass is 9.86. The van der Waals surface area contributed by atoms with Gasteiger partial charge < -0.3 is 10.1 Å². The van der Waals surface area contributed by atoms with Gasteiger partial charge in [0.2, 0.25) is 0 Å².